The average Bonchev–Trinajstić information content (AvgIpc) is 3.24. The van der Waals surface area contributed by atoms with Crippen LogP contribution in [0, 0.1) is 0 Å². The molecule has 1 fully saturated rings. The Morgan fingerprint density at radius 2 is 2.29 bits per heavy atom. The summed E-state index contributed by atoms with van der Waals surface area (Å²) in [5.74, 6) is 2.93. The number of benzene rings is 1. The van der Waals surface area contributed by atoms with Crippen molar-refractivity contribution in [3.8, 4) is 0 Å². The first-order valence-electron chi connectivity index (χ1n) is 7.44. The van der Waals surface area contributed by atoms with Gasteiger partial charge in [-0.1, -0.05) is 6.92 Å². The van der Waals surface area contributed by atoms with Gasteiger partial charge in [-0.3, -0.25) is 0 Å². The van der Waals surface area contributed by atoms with E-state index in [1.165, 1.54) is 12.8 Å². The van der Waals surface area contributed by atoms with Crippen molar-refractivity contribution >= 4 is 28.8 Å². The summed E-state index contributed by atoms with van der Waals surface area (Å²) in [5, 5.41) is 9.21. The van der Waals surface area contributed by atoms with Crippen molar-refractivity contribution in [3.63, 3.8) is 0 Å². The van der Waals surface area contributed by atoms with E-state index in [9.17, 15) is 9.90 Å². The van der Waals surface area contributed by atoms with Gasteiger partial charge >= 0.3 is 5.97 Å². The van der Waals surface area contributed by atoms with Crippen molar-refractivity contribution in [2.45, 2.75) is 38.6 Å². The molecule has 1 atom stereocenters. The zero-order valence-corrected chi connectivity index (χ0v) is 13.2. The van der Waals surface area contributed by atoms with E-state index in [0.29, 0.717) is 17.5 Å². The van der Waals surface area contributed by atoms with E-state index in [1.807, 2.05) is 17.8 Å². The molecule has 1 unspecified atom stereocenters. The van der Waals surface area contributed by atoms with Gasteiger partial charge in [-0.25, -0.2) is 9.78 Å². The zero-order valence-electron chi connectivity index (χ0n) is 12.4. The van der Waals surface area contributed by atoms with Crippen LogP contribution in [-0.2, 0) is 0 Å². The van der Waals surface area contributed by atoms with Crippen molar-refractivity contribution in [2.24, 2.45) is 0 Å². The number of aromatic nitrogens is 2. The number of nitrogens with zero attached hydrogens (tertiary/aromatic N) is 2. The van der Waals surface area contributed by atoms with Gasteiger partial charge in [-0.15, -0.1) is 0 Å². The molecule has 5 heteroatoms. The summed E-state index contributed by atoms with van der Waals surface area (Å²) >= 11 is 1.91. The Labute approximate surface area is 128 Å². The molecule has 1 aromatic heterocycles. The molecule has 1 saturated carbocycles. The van der Waals surface area contributed by atoms with Gasteiger partial charge in [0.2, 0.25) is 0 Å². The van der Waals surface area contributed by atoms with Crippen LogP contribution in [0.4, 0.5) is 0 Å². The number of thioether (sulfide) groups is 1. The number of carboxylic acids is 1. The highest BCUT2D eigenvalue weighted by Gasteiger charge is 2.31. The molecule has 0 radical (unpaired) electrons. The minimum atomic E-state index is -0.881. The van der Waals surface area contributed by atoms with E-state index in [-0.39, 0.29) is 0 Å². The predicted molar refractivity (Wildman–Crippen MR) is 86.4 cm³/mol. The fourth-order valence-electron chi connectivity index (χ4n) is 2.70. The quantitative estimate of drug-likeness (QED) is 0.878. The van der Waals surface area contributed by atoms with Crippen LogP contribution in [0.3, 0.4) is 0 Å². The molecule has 2 aromatic rings. The van der Waals surface area contributed by atoms with Gasteiger partial charge in [0, 0.05) is 17.7 Å². The van der Waals surface area contributed by atoms with E-state index in [1.54, 1.807) is 12.1 Å². The summed E-state index contributed by atoms with van der Waals surface area (Å²) < 4.78 is 2.27. The Balaban J connectivity index is 2.09. The molecule has 112 valence electrons. The molecule has 1 aromatic carbocycles. The van der Waals surface area contributed by atoms with Gasteiger partial charge in [0.05, 0.1) is 16.6 Å². The van der Waals surface area contributed by atoms with Crippen molar-refractivity contribution in [3.05, 3.63) is 29.6 Å². The molecular weight excluding hydrogens is 284 g/mol. The number of carbonyl (C=O) groups is 1. The molecule has 21 heavy (non-hydrogen) atoms. The van der Waals surface area contributed by atoms with Crippen LogP contribution in [0.2, 0.25) is 0 Å². The Kier molecular flexibility index (Phi) is 3.93. The third kappa shape index (κ3) is 2.79. The highest BCUT2D eigenvalue weighted by molar-refractivity contribution is 7.99. The lowest BCUT2D eigenvalue weighted by Gasteiger charge is -2.17. The third-order valence-electron chi connectivity index (χ3n) is 3.91. The van der Waals surface area contributed by atoms with Crippen LogP contribution in [0.25, 0.3) is 11.0 Å². The highest BCUT2D eigenvalue weighted by Crippen LogP contribution is 2.42. The number of rotatable bonds is 6. The lowest BCUT2D eigenvalue weighted by molar-refractivity contribution is 0.0697. The van der Waals surface area contributed by atoms with Crippen molar-refractivity contribution in [1.29, 1.82) is 0 Å². The van der Waals surface area contributed by atoms with Crippen molar-refractivity contribution in [2.75, 3.05) is 11.5 Å². The Hall–Kier alpha value is -1.49. The van der Waals surface area contributed by atoms with Crippen LogP contribution in [0.5, 0.6) is 0 Å². The maximum absolute atomic E-state index is 11.2. The van der Waals surface area contributed by atoms with Crippen molar-refractivity contribution in [1.82, 2.24) is 9.55 Å². The molecule has 1 aliphatic carbocycles. The second kappa shape index (κ2) is 5.72. The molecule has 0 aliphatic heterocycles. The number of imidazole rings is 1. The SMILES string of the molecule is CCSCC(C)n1c(C2CC2)nc2ccc(C(=O)O)cc21. The Morgan fingerprint density at radius 3 is 2.90 bits per heavy atom. The summed E-state index contributed by atoms with van der Waals surface area (Å²) in [4.78, 5) is 16.0. The molecule has 1 N–H and O–H groups in total. The van der Waals surface area contributed by atoms with Gasteiger partial charge in [-0.2, -0.15) is 11.8 Å². The van der Waals surface area contributed by atoms with Crippen LogP contribution >= 0.6 is 11.8 Å². The van der Waals surface area contributed by atoms with Crippen LogP contribution < -0.4 is 0 Å². The summed E-state index contributed by atoms with van der Waals surface area (Å²) in [5.41, 5.74) is 2.21. The fraction of sp³-hybridized carbons (Fsp3) is 0.500. The maximum atomic E-state index is 11.2. The third-order valence-corrected chi connectivity index (χ3v) is 5.04. The highest BCUT2D eigenvalue weighted by atomic mass is 32.2. The smallest absolute Gasteiger partial charge is 0.335 e. The van der Waals surface area contributed by atoms with E-state index in [4.69, 9.17) is 4.98 Å². The van der Waals surface area contributed by atoms with Gasteiger partial charge < -0.3 is 9.67 Å². The molecule has 0 amide bonds. The topological polar surface area (TPSA) is 55.1 Å². The molecule has 0 saturated heterocycles. The molecule has 0 spiro atoms. The predicted octanol–water partition coefficient (Wildman–Crippen LogP) is 3.93. The molecule has 1 aliphatic rings. The van der Waals surface area contributed by atoms with Gasteiger partial charge in [0.15, 0.2) is 0 Å². The molecule has 1 heterocycles. The standard InChI is InChI=1S/C16H20N2O2S/c1-3-21-9-10(2)18-14-8-12(16(19)20)6-7-13(14)17-15(18)11-4-5-11/h6-8,10-11H,3-5,9H2,1-2H3,(H,19,20). The van der Waals surface area contributed by atoms with Crippen LogP contribution in [0.15, 0.2) is 18.2 Å². The molecule has 3 rings (SSSR count). The lowest BCUT2D eigenvalue weighted by atomic mass is 10.2. The number of carboxylic acid groups (broad SMARTS) is 1. The molecule has 4 nitrogen and oxygen atoms in total. The second-order valence-corrected chi connectivity index (χ2v) is 6.95. The first-order chi connectivity index (χ1) is 10.1. The summed E-state index contributed by atoms with van der Waals surface area (Å²) in [6.07, 6.45) is 2.39. The number of aromatic carboxylic acids is 1. The van der Waals surface area contributed by atoms with Crippen LogP contribution in [-0.4, -0.2) is 32.1 Å². The Bertz CT molecular complexity index is 676. The van der Waals surface area contributed by atoms with E-state index < -0.39 is 5.97 Å². The normalized spacial score (nSPS) is 16.3. The monoisotopic (exact) mass is 304 g/mol. The average molecular weight is 304 g/mol. The largest absolute Gasteiger partial charge is 0.478 e. The summed E-state index contributed by atoms with van der Waals surface area (Å²) in [6, 6.07) is 5.58. The summed E-state index contributed by atoms with van der Waals surface area (Å²) in [7, 11) is 0. The first-order valence-corrected chi connectivity index (χ1v) is 8.60. The minimum Gasteiger partial charge on any atom is -0.478 e. The van der Waals surface area contributed by atoms with E-state index in [0.717, 1.165) is 28.4 Å². The molecular formula is C16H20N2O2S. The zero-order chi connectivity index (χ0) is 15.0. The van der Waals surface area contributed by atoms with Gasteiger partial charge in [0.1, 0.15) is 5.82 Å². The van der Waals surface area contributed by atoms with E-state index >= 15 is 0 Å². The fourth-order valence-corrected chi connectivity index (χ4v) is 3.43. The first kappa shape index (κ1) is 14.4. The molecule has 0 bridgehead atoms. The lowest BCUT2D eigenvalue weighted by Crippen LogP contribution is -2.11. The van der Waals surface area contributed by atoms with Gasteiger partial charge in [0.25, 0.3) is 0 Å². The number of fused-ring (bicyclic) bond motifs is 1. The number of hydrogen-bond donors (Lipinski definition) is 1. The minimum absolute atomic E-state index is 0.333. The maximum Gasteiger partial charge on any atom is 0.335 e. The summed E-state index contributed by atoms with van der Waals surface area (Å²) in [6.45, 7) is 4.36. The Morgan fingerprint density at radius 1 is 1.52 bits per heavy atom. The number of hydrogen-bond acceptors (Lipinski definition) is 3. The van der Waals surface area contributed by atoms with Gasteiger partial charge in [-0.05, 0) is 43.7 Å². The van der Waals surface area contributed by atoms with Crippen LogP contribution in [0.1, 0.15) is 54.8 Å². The van der Waals surface area contributed by atoms with E-state index in [2.05, 4.69) is 18.4 Å². The second-order valence-electron chi connectivity index (χ2n) is 5.63. The van der Waals surface area contributed by atoms with Crippen molar-refractivity contribution < 1.29 is 9.90 Å².